The zero-order chi connectivity index (χ0) is 18.0. The molecule has 1 aromatic heterocycles. The smallest absolute Gasteiger partial charge is 0.151 e. The van der Waals surface area contributed by atoms with Crippen LogP contribution in [0.15, 0.2) is 30.3 Å². The van der Waals surface area contributed by atoms with Crippen molar-refractivity contribution in [3.05, 3.63) is 45.8 Å². The second-order valence-electron chi connectivity index (χ2n) is 7.99. The highest BCUT2D eigenvalue weighted by Gasteiger charge is 2.61. The van der Waals surface area contributed by atoms with Gasteiger partial charge in [0.2, 0.25) is 0 Å². The van der Waals surface area contributed by atoms with E-state index in [-0.39, 0.29) is 23.4 Å². The van der Waals surface area contributed by atoms with Crippen LogP contribution >= 0.6 is 22.9 Å². The number of hydrogen-bond donors (Lipinski definition) is 0. The van der Waals surface area contributed by atoms with Crippen molar-refractivity contribution in [3.63, 3.8) is 0 Å². The van der Waals surface area contributed by atoms with Crippen LogP contribution in [0.1, 0.15) is 43.2 Å². The van der Waals surface area contributed by atoms with Gasteiger partial charge in [-0.3, -0.25) is 9.59 Å². The van der Waals surface area contributed by atoms with Crippen LogP contribution in [0.5, 0.6) is 0 Å². The Kier molecular flexibility index (Phi) is 3.88. The first-order valence-corrected chi connectivity index (χ1v) is 10.7. The van der Waals surface area contributed by atoms with Crippen molar-refractivity contribution in [2.45, 2.75) is 38.5 Å². The van der Waals surface area contributed by atoms with Gasteiger partial charge in [-0.1, -0.05) is 30.7 Å². The number of halogens is 1. The standard InChI is InChI=1S/C22H21ClO2S/c1-2-11-3-4-12(16-7-8-17(23)26-16)10-15(11)20-21(24)18-13-5-6-14(9-13)19(18)22(20)25/h3-4,7-8,10,13-14,18-20H,2,5-6,9H2,1H3/t13-,14+,18-,19+,20?. The number of aryl methyl sites for hydroxylation is 1. The van der Waals surface area contributed by atoms with Gasteiger partial charge in [0.15, 0.2) is 11.6 Å². The zero-order valence-corrected chi connectivity index (χ0v) is 16.3. The minimum absolute atomic E-state index is 0.00389. The monoisotopic (exact) mass is 384 g/mol. The topological polar surface area (TPSA) is 34.1 Å². The number of carbonyl (C=O) groups is 2. The summed E-state index contributed by atoms with van der Waals surface area (Å²) in [6.45, 7) is 2.09. The van der Waals surface area contributed by atoms with Crippen LogP contribution < -0.4 is 0 Å². The second kappa shape index (κ2) is 6.03. The maximum Gasteiger partial charge on any atom is 0.151 e. The fourth-order valence-corrected chi connectivity index (χ4v) is 6.79. The molecule has 0 spiro atoms. The lowest BCUT2D eigenvalue weighted by atomic mass is 9.81. The molecule has 1 aromatic carbocycles. The van der Waals surface area contributed by atoms with E-state index in [1.807, 2.05) is 12.1 Å². The maximum absolute atomic E-state index is 13.3. The van der Waals surface area contributed by atoms with Crippen molar-refractivity contribution < 1.29 is 9.59 Å². The lowest BCUT2D eigenvalue weighted by Crippen LogP contribution is -2.24. The Labute approximate surface area is 162 Å². The minimum atomic E-state index is -0.543. The molecule has 0 N–H and O–H groups in total. The van der Waals surface area contributed by atoms with Gasteiger partial charge in [-0.25, -0.2) is 0 Å². The third kappa shape index (κ3) is 2.30. The molecule has 2 aromatic rings. The molecule has 3 aliphatic carbocycles. The van der Waals surface area contributed by atoms with Crippen LogP contribution in [0.25, 0.3) is 10.4 Å². The number of ketones is 2. The number of Topliss-reactive ketones (excluding diaryl/α,β-unsaturated/α-hetero) is 2. The van der Waals surface area contributed by atoms with E-state index >= 15 is 0 Å². The molecule has 0 radical (unpaired) electrons. The van der Waals surface area contributed by atoms with Gasteiger partial charge in [0.05, 0.1) is 4.34 Å². The van der Waals surface area contributed by atoms with Gasteiger partial charge in [-0.05, 0) is 72.4 Å². The molecular weight excluding hydrogens is 364 g/mol. The van der Waals surface area contributed by atoms with Crippen molar-refractivity contribution in [1.82, 2.24) is 0 Å². The highest BCUT2D eigenvalue weighted by Crippen LogP contribution is 2.59. The molecule has 4 heteroatoms. The van der Waals surface area contributed by atoms with Crippen LogP contribution in [0, 0.1) is 23.7 Å². The average molecular weight is 385 g/mol. The predicted molar refractivity (Wildman–Crippen MR) is 105 cm³/mol. The third-order valence-electron chi connectivity index (χ3n) is 6.84. The number of fused-ring (bicyclic) bond motifs is 5. The Hall–Kier alpha value is -1.45. The van der Waals surface area contributed by atoms with Crippen LogP contribution in [0.3, 0.4) is 0 Å². The van der Waals surface area contributed by atoms with E-state index in [4.69, 9.17) is 11.6 Å². The summed E-state index contributed by atoms with van der Waals surface area (Å²) in [4.78, 5) is 27.6. The first-order valence-electron chi connectivity index (χ1n) is 9.54. The summed E-state index contributed by atoms with van der Waals surface area (Å²) in [5, 5.41) is 0. The molecule has 26 heavy (non-hydrogen) atoms. The van der Waals surface area contributed by atoms with Crippen LogP contribution in [-0.4, -0.2) is 11.6 Å². The quantitative estimate of drug-likeness (QED) is 0.652. The predicted octanol–water partition coefficient (Wildman–Crippen LogP) is 5.53. The highest BCUT2D eigenvalue weighted by molar-refractivity contribution is 7.19. The lowest BCUT2D eigenvalue weighted by Gasteiger charge is -2.21. The molecule has 5 rings (SSSR count). The molecule has 3 fully saturated rings. The van der Waals surface area contributed by atoms with E-state index < -0.39 is 5.92 Å². The Bertz CT molecular complexity index is 887. The summed E-state index contributed by atoms with van der Waals surface area (Å²) in [6.07, 6.45) is 4.19. The summed E-state index contributed by atoms with van der Waals surface area (Å²) in [6, 6.07) is 10.1. The molecular formula is C22H21ClO2S. The molecule has 2 nitrogen and oxygen atoms in total. The number of rotatable bonds is 3. The zero-order valence-electron chi connectivity index (χ0n) is 14.7. The van der Waals surface area contributed by atoms with Crippen molar-refractivity contribution in [3.8, 4) is 10.4 Å². The molecule has 1 heterocycles. The van der Waals surface area contributed by atoms with E-state index in [0.29, 0.717) is 11.8 Å². The van der Waals surface area contributed by atoms with Gasteiger partial charge in [0.25, 0.3) is 0 Å². The van der Waals surface area contributed by atoms with E-state index in [1.165, 1.54) is 11.3 Å². The van der Waals surface area contributed by atoms with Crippen LogP contribution in [0.4, 0.5) is 0 Å². The van der Waals surface area contributed by atoms with E-state index in [2.05, 4.69) is 25.1 Å². The van der Waals surface area contributed by atoms with E-state index in [1.54, 1.807) is 0 Å². The maximum atomic E-state index is 13.3. The van der Waals surface area contributed by atoms with Gasteiger partial charge in [0, 0.05) is 16.7 Å². The summed E-state index contributed by atoms with van der Waals surface area (Å²) >= 11 is 7.63. The van der Waals surface area contributed by atoms with Gasteiger partial charge in [0.1, 0.15) is 5.92 Å². The average Bonchev–Trinajstić information content (AvgIpc) is 3.39. The van der Waals surface area contributed by atoms with Crippen LogP contribution in [0.2, 0.25) is 4.34 Å². The van der Waals surface area contributed by atoms with Gasteiger partial charge in [-0.15, -0.1) is 11.3 Å². The molecule has 1 unspecified atom stereocenters. The van der Waals surface area contributed by atoms with Gasteiger partial charge in [-0.2, -0.15) is 0 Å². The van der Waals surface area contributed by atoms with E-state index in [9.17, 15) is 9.59 Å². The van der Waals surface area contributed by atoms with Crippen LogP contribution in [-0.2, 0) is 16.0 Å². The SMILES string of the molecule is CCc1ccc(-c2ccc(Cl)s2)cc1C1C(=O)[C@@H]2[C@@H]3CC[C@@H](C3)[C@@H]2C1=O. The Morgan fingerprint density at radius 1 is 1.04 bits per heavy atom. The Morgan fingerprint density at radius 3 is 2.31 bits per heavy atom. The molecule has 3 saturated carbocycles. The summed E-state index contributed by atoms with van der Waals surface area (Å²) in [7, 11) is 0. The Morgan fingerprint density at radius 2 is 1.73 bits per heavy atom. The van der Waals surface area contributed by atoms with Gasteiger partial charge < -0.3 is 0 Å². The molecule has 3 aliphatic rings. The third-order valence-corrected chi connectivity index (χ3v) is 8.12. The molecule has 0 saturated heterocycles. The summed E-state index contributed by atoms with van der Waals surface area (Å²) in [5.41, 5.74) is 3.11. The Balaban J connectivity index is 1.59. The fraction of sp³-hybridized carbons (Fsp3) is 0.455. The second-order valence-corrected chi connectivity index (χ2v) is 9.71. The normalized spacial score (nSPS) is 32.5. The van der Waals surface area contributed by atoms with Crippen molar-refractivity contribution >= 4 is 34.5 Å². The summed E-state index contributed by atoms with van der Waals surface area (Å²) < 4.78 is 0.750. The number of hydrogen-bond acceptors (Lipinski definition) is 3. The van der Waals surface area contributed by atoms with Gasteiger partial charge >= 0.3 is 0 Å². The molecule has 2 bridgehead atoms. The molecule has 134 valence electrons. The number of thiophene rings is 1. The minimum Gasteiger partial charge on any atom is -0.298 e. The number of benzene rings is 1. The fourth-order valence-electron chi connectivity index (χ4n) is 5.75. The lowest BCUT2D eigenvalue weighted by molar-refractivity contribution is -0.125. The molecule has 5 atom stereocenters. The first-order chi connectivity index (χ1) is 12.6. The number of carbonyl (C=O) groups excluding carboxylic acids is 2. The molecule has 0 aliphatic heterocycles. The largest absolute Gasteiger partial charge is 0.298 e. The van der Waals surface area contributed by atoms with Crippen molar-refractivity contribution in [2.75, 3.05) is 0 Å². The first kappa shape index (κ1) is 16.7. The highest BCUT2D eigenvalue weighted by atomic mass is 35.5. The van der Waals surface area contributed by atoms with Crippen molar-refractivity contribution in [1.29, 1.82) is 0 Å². The van der Waals surface area contributed by atoms with Crippen molar-refractivity contribution in [2.24, 2.45) is 23.7 Å². The van der Waals surface area contributed by atoms with E-state index in [0.717, 1.165) is 51.6 Å². The summed E-state index contributed by atoms with van der Waals surface area (Å²) in [5.74, 6) is 0.753. The molecule has 0 amide bonds.